The van der Waals surface area contributed by atoms with Gasteiger partial charge in [0.25, 0.3) is 0 Å². The zero-order valence-corrected chi connectivity index (χ0v) is 17.1. The first-order valence-corrected chi connectivity index (χ1v) is 9.89. The molecule has 0 spiro atoms. The second kappa shape index (κ2) is 9.30. The third-order valence-corrected chi connectivity index (χ3v) is 5.33. The average molecular weight is 421 g/mol. The van der Waals surface area contributed by atoms with Crippen molar-refractivity contribution in [2.75, 3.05) is 11.9 Å². The molecule has 1 N–H and O–H groups in total. The fourth-order valence-corrected chi connectivity index (χ4v) is 3.70. The summed E-state index contributed by atoms with van der Waals surface area (Å²) in [5, 5.41) is 21.4. The molecule has 0 radical (unpaired) electrons. The molecule has 0 amide bonds. The number of ether oxygens (including phenoxy) is 1. The van der Waals surface area contributed by atoms with E-state index in [2.05, 4.69) is 5.32 Å². The van der Waals surface area contributed by atoms with Gasteiger partial charge in [-0.15, -0.1) is 0 Å². The van der Waals surface area contributed by atoms with Crippen LogP contribution in [0.15, 0.2) is 58.3 Å². The lowest BCUT2D eigenvalue weighted by molar-refractivity contribution is 0.340. The van der Waals surface area contributed by atoms with Crippen molar-refractivity contribution >= 4 is 23.1 Å². The van der Waals surface area contributed by atoms with Gasteiger partial charge in [0.1, 0.15) is 29.0 Å². The van der Waals surface area contributed by atoms with Crippen molar-refractivity contribution in [3.05, 3.63) is 76.9 Å². The third-order valence-electron chi connectivity index (χ3n) is 4.23. The highest BCUT2D eigenvalue weighted by Gasteiger charge is 2.26. The largest absolute Gasteiger partial charge is 0.494 e. The Balaban J connectivity index is 2.11. The van der Waals surface area contributed by atoms with Crippen molar-refractivity contribution in [1.29, 1.82) is 10.5 Å². The van der Waals surface area contributed by atoms with Crippen molar-refractivity contribution in [1.82, 2.24) is 0 Å². The molecule has 7 heteroatoms. The summed E-state index contributed by atoms with van der Waals surface area (Å²) in [6.07, 6.45) is 0. The van der Waals surface area contributed by atoms with Gasteiger partial charge in [-0.2, -0.15) is 10.5 Å². The number of aryl methyl sites for hydroxylation is 1. The van der Waals surface area contributed by atoms with Crippen molar-refractivity contribution in [3.63, 3.8) is 0 Å². The molecule has 0 heterocycles. The molecule has 0 saturated heterocycles. The minimum atomic E-state index is -0.973. The zero-order chi connectivity index (χ0) is 21.7. The van der Waals surface area contributed by atoms with Gasteiger partial charge in [-0.3, -0.25) is 0 Å². The van der Waals surface area contributed by atoms with E-state index in [1.807, 2.05) is 26.0 Å². The van der Waals surface area contributed by atoms with Crippen LogP contribution in [0.4, 0.5) is 20.2 Å². The van der Waals surface area contributed by atoms with E-state index in [0.717, 1.165) is 17.3 Å². The molecule has 0 aromatic heterocycles. The second-order valence-electron chi connectivity index (χ2n) is 6.30. The molecule has 0 aliphatic carbocycles. The number of benzene rings is 3. The van der Waals surface area contributed by atoms with E-state index in [-0.39, 0.29) is 10.6 Å². The molecule has 4 nitrogen and oxygen atoms in total. The minimum absolute atomic E-state index is 0.0965. The van der Waals surface area contributed by atoms with Crippen LogP contribution in [0.2, 0.25) is 0 Å². The molecule has 0 bridgehead atoms. The Bertz CT molecular complexity index is 1150. The number of halogens is 2. The van der Waals surface area contributed by atoms with Gasteiger partial charge in [0, 0.05) is 10.6 Å². The lowest BCUT2D eigenvalue weighted by Crippen LogP contribution is -2.05. The number of anilines is 2. The van der Waals surface area contributed by atoms with Gasteiger partial charge in [-0.1, -0.05) is 29.5 Å². The number of hydrogen-bond acceptors (Lipinski definition) is 5. The standard InChI is InChI=1S/C23H17F2N3OS/c1-3-29-16-8-6-15(7-9-16)28-22-20(24)18(12-26)19(13-27)21(25)23(22)30-17-10-4-14(2)5-11-17/h4-11,28H,3H2,1-2H3. The summed E-state index contributed by atoms with van der Waals surface area (Å²) in [6, 6.07) is 17.2. The van der Waals surface area contributed by atoms with Gasteiger partial charge in [0.2, 0.25) is 0 Å². The lowest BCUT2D eigenvalue weighted by Gasteiger charge is -2.16. The number of nitrogens with zero attached hydrogens (tertiary/aromatic N) is 2. The van der Waals surface area contributed by atoms with Crippen LogP contribution in [0.3, 0.4) is 0 Å². The quantitative estimate of drug-likeness (QED) is 0.505. The highest BCUT2D eigenvalue weighted by molar-refractivity contribution is 7.99. The molecule has 0 atom stereocenters. The molecule has 30 heavy (non-hydrogen) atoms. The summed E-state index contributed by atoms with van der Waals surface area (Å²) < 4.78 is 35.7. The molecule has 150 valence electrons. The van der Waals surface area contributed by atoms with Crippen LogP contribution < -0.4 is 10.1 Å². The summed E-state index contributed by atoms with van der Waals surface area (Å²) >= 11 is 0.980. The topological polar surface area (TPSA) is 68.8 Å². The summed E-state index contributed by atoms with van der Waals surface area (Å²) in [4.78, 5) is 0.572. The molecule has 3 rings (SSSR count). The van der Waals surface area contributed by atoms with E-state index in [1.54, 1.807) is 48.5 Å². The molecular formula is C23H17F2N3OS. The predicted octanol–water partition coefficient (Wildman–Crippen LogP) is 6.31. The summed E-state index contributed by atoms with van der Waals surface area (Å²) in [7, 11) is 0. The van der Waals surface area contributed by atoms with Gasteiger partial charge in [0.05, 0.1) is 17.2 Å². The van der Waals surface area contributed by atoms with E-state index in [1.165, 1.54) is 0 Å². The summed E-state index contributed by atoms with van der Waals surface area (Å²) in [5.74, 6) is -1.27. The van der Waals surface area contributed by atoms with Crippen molar-refractivity contribution < 1.29 is 13.5 Å². The SMILES string of the molecule is CCOc1ccc(Nc2c(F)c(C#N)c(C#N)c(F)c2Sc2ccc(C)cc2)cc1. The Morgan fingerprint density at radius 3 is 2.10 bits per heavy atom. The smallest absolute Gasteiger partial charge is 0.167 e. The Morgan fingerprint density at radius 1 is 0.933 bits per heavy atom. The van der Waals surface area contributed by atoms with E-state index >= 15 is 8.78 Å². The Hall–Kier alpha value is -3.55. The second-order valence-corrected chi connectivity index (χ2v) is 7.39. The number of nitriles is 2. The highest BCUT2D eigenvalue weighted by Crippen LogP contribution is 2.41. The normalized spacial score (nSPS) is 10.2. The van der Waals surface area contributed by atoms with E-state index in [9.17, 15) is 10.5 Å². The average Bonchev–Trinajstić information content (AvgIpc) is 2.75. The van der Waals surface area contributed by atoms with Crippen molar-refractivity contribution in [2.24, 2.45) is 0 Å². The van der Waals surface area contributed by atoms with Crippen LogP contribution in [-0.4, -0.2) is 6.61 Å². The first kappa shape index (κ1) is 21.2. The fourth-order valence-electron chi connectivity index (χ4n) is 2.75. The maximum Gasteiger partial charge on any atom is 0.167 e. The molecule has 3 aromatic carbocycles. The molecule has 0 aliphatic heterocycles. The first-order valence-electron chi connectivity index (χ1n) is 9.08. The minimum Gasteiger partial charge on any atom is -0.494 e. The third kappa shape index (κ3) is 4.37. The highest BCUT2D eigenvalue weighted by atomic mass is 32.2. The van der Waals surface area contributed by atoms with Crippen molar-refractivity contribution in [3.8, 4) is 17.9 Å². The van der Waals surface area contributed by atoms with Crippen molar-refractivity contribution in [2.45, 2.75) is 23.6 Å². The van der Waals surface area contributed by atoms with E-state index < -0.39 is 22.8 Å². The molecule has 0 saturated carbocycles. The maximum absolute atomic E-state index is 15.2. The molecule has 0 fully saturated rings. The van der Waals surface area contributed by atoms with Crippen LogP contribution in [0.25, 0.3) is 0 Å². The van der Waals surface area contributed by atoms with Gasteiger partial charge < -0.3 is 10.1 Å². The number of rotatable bonds is 6. The molecular weight excluding hydrogens is 404 g/mol. The zero-order valence-electron chi connectivity index (χ0n) is 16.3. The fraction of sp³-hybridized carbons (Fsp3) is 0.130. The maximum atomic E-state index is 15.2. The Labute approximate surface area is 177 Å². The van der Waals surface area contributed by atoms with Gasteiger partial charge in [0.15, 0.2) is 11.6 Å². The lowest BCUT2D eigenvalue weighted by atomic mass is 10.1. The van der Waals surface area contributed by atoms with Gasteiger partial charge >= 0.3 is 0 Å². The number of nitrogens with one attached hydrogen (secondary N) is 1. The van der Waals surface area contributed by atoms with Gasteiger partial charge in [-0.05, 0) is 50.2 Å². The summed E-state index contributed by atoms with van der Waals surface area (Å²) in [5.41, 5.74) is 0.0729. The van der Waals surface area contributed by atoms with Crippen LogP contribution >= 0.6 is 11.8 Å². The Morgan fingerprint density at radius 2 is 1.53 bits per heavy atom. The molecule has 3 aromatic rings. The van der Waals surface area contributed by atoms with E-state index in [0.29, 0.717) is 22.9 Å². The number of hydrogen-bond donors (Lipinski definition) is 1. The monoisotopic (exact) mass is 421 g/mol. The van der Waals surface area contributed by atoms with Crippen LogP contribution in [0.1, 0.15) is 23.6 Å². The van der Waals surface area contributed by atoms with E-state index in [4.69, 9.17) is 4.74 Å². The Kier molecular flexibility index (Phi) is 6.56. The van der Waals surface area contributed by atoms with Gasteiger partial charge in [-0.25, -0.2) is 8.78 Å². The first-order chi connectivity index (χ1) is 14.5. The van der Waals surface area contributed by atoms with Crippen LogP contribution in [-0.2, 0) is 0 Å². The van der Waals surface area contributed by atoms with Crippen LogP contribution in [0, 0.1) is 41.2 Å². The molecule has 0 aliphatic rings. The predicted molar refractivity (Wildman–Crippen MR) is 112 cm³/mol. The summed E-state index contributed by atoms with van der Waals surface area (Å²) in [6.45, 7) is 4.28. The van der Waals surface area contributed by atoms with Crippen LogP contribution in [0.5, 0.6) is 5.75 Å². The molecule has 0 unspecified atom stereocenters.